The zero-order valence-corrected chi connectivity index (χ0v) is 11.3. The smallest absolute Gasteiger partial charge is 0.217 e. The predicted octanol–water partition coefficient (Wildman–Crippen LogP) is 3.03. The summed E-state index contributed by atoms with van der Waals surface area (Å²) in [5.41, 5.74) is 1.14. The number of hydrogen-bond donors (Lipinski definition) is 1. The zero-order chi connectivity index (χ0) is 13.3. The topological polar surface area (TPSA) is 34.1 Å². The molecule has 1 fully saturated rings. The summed E-state index contributed by atoms with van der Waals surface area (Å²) in [4.78, 5) is 4.13. The molecule has 19 heavy (non-hydrogen) atoms. The summed E-state index contributed by atoms with van der Waals surface area (Å²) in [7, 11) is 1.66. The maximum Gasteiger partial charge on any atom is 0.217 e. The Bertz CT molecular complexity index is 442. The van der Waals surface area contributed by atoms with E-state index >= 15 is 0 Å². The van der Waals surface area contributed by atoms with Gasteiger partial charge < -0.3 is 10.1 Å². The number of hydrogen-bond acceptors (Lipinski definition) is 3. The molecule has 0 bridgehead atoms. The molecule has 0 atom stereocenters. The van der Waals surface area contributed by atoms with Crippen molar-refractivity contribution < 1.29 is 4.74 Å². The van der Waals surface area contributed by atoms with Gasteiger partial charge in [0.15, 0.2) is 0 Å². The number of pyridine rings is 1. The second-order valence-electron chi connectivity index (χ2n) is 4.48. The second-order valence-corrected chi connectivity index (χ2v) is 4.48. The van der Waals surface area contributed by atoms with Crippen molar-refractivity contribution in [1.29, 1.82) is 0 Å². The van der Waals surface area contributed by atoms with E-state index in [1.807, 2.05) is 48.5 Å². The molecule has 0 radical (unpaired) electrons. The van der Waals surface area contributed by atoms with Crippen molar-refractivity contribution in [2.75, 3.05) is 7.11 Å². The summed E-state index contributed by atoms with van der Waals surface area (Å²) in [5.74, 6) is 0.732. The van der Waals surface area contributed by atoms with Crippen LogP contribution in [-0.4, -0.2) is 18.1 Å². The first-order valence-electron chi connectivity index (χ1n) is 6.61. The predicted molar refractivity (Wildman–Crippen MR) is 77.1 cm³/mol. The zero-order valence-electron chi connectivity index (χ0n) is 11.3. The first kappa shape index (κ1) is 13.6. The lowest BCUT2D eigenvalue weighted by Gasteiger charge is -2.06. The van der Waals surface area contributed by atoms with Crippen LogP contribution >= 0.6 is 0 Å². The molecule has 0 spiro atoms. The Labute approximate surface area is 114 Å². The normalized spacial score (nSPS) is 13.3. The van der Waals surface area contributed by atoms with Crippen molar-refractivity contribution in [3.63, 3.8) is 0 Å². The number of rotatable bonds is 4. The van der Waals surface area contributed by atoms with Crippen molar-refractivity contribution in [3.8, 4) is 5.88 Å². The largest absolute Gasteiger partial charge is 0.481 e. The lowest BCUT2D eigenvalue weighted by atomic mass is 10.2. The molecule has 2 aromatic rings. The van der Waals surface area contributed by atoms with E-state index in [2.05, 4.69) is 10.3 Å². The fourth-order valence-corrected chi connectivity index (χ4v) is 1.67. The molecule has 1 aliphatic rings. The van der Waals surface area contributed by atoms with Gasteiger partial charge in [-0.2, -0.15) is 0 Å². The van der Waals surface area contributed by atoms with Crippen LogP contribution in [-0.2, 0) is 6.54 Å². The average molecular weight is 256 g/mol. The van der Waals surface area contributed by atoms with Gasteiger partial charge in [-0.05, 0) is 18.9 Å². The molecule has 1 saturated carbocycles. The third-order valence-electron chi connectivity index (χ3n) is 2.87. The van der Waals surface area contributed by atoms with Gasteiger partial charge in [0, 0.05) is 24.3 Å². The van der Waals surface area contributed by atoms with Crippen LogP contribution in [0.5, 0.6) is 5.88 Å². The van der Waals surface area contributed by atoms with Gasteiger partial charge in [-0.25, -0.2) is 4.98 Å². The summed E-state index contributed by atoms with van der Waals surface area (Å²) >= 11 is 0. The van der Waals surface area contributed by atoms with E-state index in [1.165, 1.54) is 12.8 Å². The molecule has 0 amide bonds. The van der Waals surface area contributed by atoms with E-state index in [-0.39, 0.29) is 0 Å². The van der Waals surface area contributed by atoms with E-state index in [0.29, 0.717) is 0 Å². The molecule has 3 rings (SSSR count). The Hall–Kier alpha value is -1.87. The molecule has 1 aromatic heterocycles. The minimum atomic E-state index is 0.727. The van der Waals surface area contributed by atoms with Gasteiger partial charge in [0.05, 0.1) is 7.11 Å². The van der Waals surface area contributed by atoms with Crippen molar-refractivity contribution in [3.05, 3.63) is 60.3 Å². The highest BCUT2D eigenvalue weighted by Crippen LogP contribution is 2.20. The number of benzene rings is 1. The number of ether oxygens (including phenoxy) is 1. The molecule has 1 aromatic carbocycles. The van der Waals surface area contributed by atoms with Crippen LogP contribution in [0, 0.1) is 0 Å². The van der Waals surface area contributed by atoms with Crippen molar-refractivity contribution in [2.24, 2.45) is 0 Å². The molecule has 1 aliphatic carbocycles. The lowest BCUT2D eigenvalue weighted by molar-refractivity contribution is 0.390. The van der Waals surface area contributed by atoms with Crippen molar-refractivity contribution in [1.82, 2.24) is 10.3 Å². The van der Waals surface area contributed by atoms with Gasteiger partial charge in [-0.1, -0.05) is 42.5 Å². The Balaban J connectivity index is 0.000000186. The van der Waals surface area contributed by atoms with Gasteiger partial charge in [0.2, 0.25) is 5.88 Å². The molecule has 100 valence electrons. The number of nitrogens with one attached hydrogen (secondary N) is 1. The van der Waals surface area contributed by atoms with E-state index in [9.17, 15) is 0 Å². The highest BCUT2D eigenvalue weighted by atomic mass is 16.5. The van der Waals surface area contributed by atoms with Crippen LogP contribution in [0.25, 0.3) is 0 Å². The summed E-state index contributed by atoms with van der Waals surface area (Å²) in [5, 5.41) is 3.43. The van der Waals surface area contributed by atoms with Crippen LogP contribution in [0.15, 0.2) is 54.7 Å². The third-order valence-corrected chi connectivity index (χ3v) is 2.87. The lowest BCUT2D eigenvalue weighted by Crippen LogP contribution is -2.16. The van der Waals surface area contributed by atoms with Crippen LogP contribution < -0.4 is 10.1 Å². The standard InChI is InChI=1S/C10H14N2O.C6H6/c1-13-10-8(3-2-6-11-10)7-12-9-4-5-9;1-2-4-6-5-3-1/h2-3,6,9,12H,4-5,7H2,1H3;1-6H. The molecule has 3 heteroatoms. The Morgan fingerprint density at radius 1 is 1.11 bits per heavy atom. The van der Waals surface area contributed by atoms with Crippen LogP contribution in [0.4, 0.5) is 0 Å². The SMILES string of the molecule is COc1ncccc1CNC1CC1.c1ccccc1. The van der Waals surface area contributed by atoms with Gasteiger partial charge in [-0.15, -0.1) is 0 Å². The van der Waals surface area contributed by atoms with Crippen LogP contribution in [0.2, 0.25) is 0 Å². The van der Waals surface area contributed by atoms with E-state index in [1.54, 1.807) is 13.3 Å². The molecular formula is C16H20N2O. The molecule has 0 aliphatic heterocycles. The maximum atomic E-state index is 5.15. The number of nitrogens with zero attached hydrogens (tertiary/aromatic N) is 1. The van der Waals surface area contributed by atoms with E-state index in [4.69, 9.17) is 4.74 Å². The van der Waals surface area contributed by atoms with Crippen molar-refractivity contribution >= 4 is 0 Å². The van der Waals surface area contributed by atoms with Gasteiger partial charge in [0.25, 0.3) is 0 Å². The molecule has 1 N–H and O–H groups in total. The summed E-state index contributed by atoms with van der Waals surface area (Å²) in [6.07, 6.45) is 4.37. The number of aromatic nitrogens is 1. The molecule has 1 heterocycles. The third kappa shape index (κ3) is 5.10. The van der Waals surface area contributed by atoms with E-state index in [0.717, 1.165) is 24.0 Å². The summed E-state index contributed by atoms with van der Waals surface area (Å²) in [6, 6.07) is 16.7. The van der Waals surface area contributed by atoms with E-state index < -0.39 is 0 Å². The Kier molecular flexibility index (Phi) is 5.38. The summed E-state index contributed by atoms with van der Waals surface area (Å²) in [6.45, 7) is 0.863. The number of methoxy groups -OCH3 is 1. The van der Waals surface area contributed by atoms with Gasteiger partial charge >= 0.3 is 0 Å². The van der Waals surface area contributed by atoms with Crippen LogP contribution in [0.3, 0.4) is 0 Å². The molecule has 3 nitrogen and oxygen atoms in total. The quantitative estimate of drug-likeness (QED) is 0.913. The Morgan fingerprint density at radius 2 is 1.74 bits per heavy atom. The van der Waals surface area contributed by atoms with Gasteiger partial charge in [-0.3, -0.25) is 0 Å². The average Bonchev–Trinajstić information content (AvgIpc) is 3.32. The fraction of sp³-hybridized carbons (Fsp3) is 0.312. The highest BCUT2D eigenvalue weighted by Gasteiger charge is 2.20. The molecular weight excluding hydrogens is 236 g/mol. The molecule has 0 saturated heterocycles. The maximum absolute atomic E-state index is 5.15. The summed E-state index contributed by atoms with van der Waals surface area (Å²) < 4.78 is 5.15. The fourth-order valence-electron chi connectivity index (χ4n) is 1.67. The minimum absolute atomic E-state index is 0.727. The first-order valence-corrected chi connectivity index (χ1v) is 6.61. The highest BCUT2D eigenvalue weighted by molar-refractivity contribution is 5.25. The second kappa shape index (κ2) is 7.54. The monoisotopic (exact) mass is 256 g/mol. The molecule has 0 unspecified atom stereocenters. The first-order chi connectivity index (χ1) is 9.40. The Morgan fingerprint density at radius 3 is 2.26 bits per heavy atom. The van der Waals surface area contributed by atoms with Crippen molar-refractivity contribution in [2.45, 2.75) is 25.4 Å². The van der Waals surface area contributed by atoms with Gasteiger partial charge in [0.1, 0.15) is 0 Å². The minimum Gasteiger partial charge on any atom is -0.481 e. The van der Waals surface area contributed by atoms with Crippen LogP contribution in [0.1, 0.15) is 18.4 Å².